The molecule has 3 amide bonds. The molecule has 2 aromatic rings. The number of carbonyl (C=O) groups excluding carboxylic acids is 2. The Morgan fingerprint density at radius 2 is 1.71 bits per heavy atom. The third kappa shape index (κ3) is 8.06. The quantitative estimate of drug-likeness (QED) is 0.411. The highest BCUT2D eigenvalue weighted by Gasteiger charge is 2.37. The first kappa shape index (κ1) is 33.4. The van der Waals surface area contributed by atoms with E-state index >= 15 is 0 Å². The first-order chi connectivity index (χ1) is 19.5. The summed E-state index contributed by atoms with van der Waals surface area (Å²) in [5, 5.41) is 10.6. The number of rotatable bonds is 9. The van der Waals surface area contributed by atoms with E-state index in [1.54, 1.807) is 4.90 Å². The number of alkyl halides is 3. The molecule has 3 rings (SSSR count). The van der Waals surface area contributed by atoms with Gasteiger partial charge in [-0.15, -0.1) is 0 Å². The SMILES string of the molecule is CCS(=O)(=O)c1ccc(Cl)cc1N(C)C(=O)c1cc(Cl)c(CN2CCN(C(=O)CCNC(=O)O)CC2)c(C(F)(F)F)c1. The van der Waals surface area contributed by atoms with Gasteiger partial charge < -0.3 is 20.2 Å². The van der Waals surface area contributed by atoms with E-state index in [4.69, 9.17) is 28.3 Å². The molecule has 0 bridgehead atoms. The molecule has 0 atom stereocenters. The lowest BCUT2D eigenvalue weighted by Crippen LogP contribution is -2.49. The number of nitrogens with one attached hydrogen (secondary N) is 1. The average Bonchev–Trinajstić information content (AvgIpc) is 2.92. The summed E-state index contributed by atoms with van der Waals surface area (Å²) in [5.41, 5.74) is -1.85. The van der Waals surface area contributed by atoms with Crippen LogP contribution in [0.2, 0.25) is 10.0 Å². The van der Waals surface area contributed by atoms with E-state index in [2.05, 4.69) is 5.32 Å². The number of amides is 3. The highest BCUT2D eigenvalue weighted by Crippen LogP contribution is 2.38. The number of carboxylic acid groups (broad SMARTS) is 1. The van der Waals surface area contributed by atoms with Crippen LogP contribution >= 0.6 is 23.2 Å². The van der Waals surface area contributed by atoms with Gasteiger partial charge in [0.1, 0.15) is 0 Å². The Labute approximate surface area is 250 Å². The molecule has 2 aromatic carbocycles. The van der Waals surface area contributed by atoms with Gasteiger partial charge in [-0.25, -0.2) is 13.2 Å². The normalized spacial score (nSPS) is 14.5. The minimum absolute atomic E-state index is 0.0403. The molecular weight excluding hydrogens is 624 g/mol. The first-order valence-corrected chi connectivity index (χ1v) is 15.1. The fourth-order valence-electron chi connectivity index (χ4n) is 4.46. The number of benzene rings is 2. The van der Waals surface area contributed by atoms with Gasteiger partial charge in [-0.1, -0.05) is 30.1 Å². The van der Waals surface area contributed by atoms with Crippen molar-refractivity contribution >= 4 is 56.6 Å². The summed E-state index contributed by atoms with van der Waals surface area (Å²) in [6.45, 7) is 2.13. The third-order valence-corrected chi connectivity index (χ3v) is 9.12. The van der Waals surface area contributed by atoms with Crippen molar-refractivity contribution in [1.29, 1.82) is 0 Å². The zero-order chi connectivity index (χ0) is 31.4. The molecule has 1 aliphatic rings. The third-order valence-electron chi connectivity index (χ3n) is 6.77. The topological polar surface area (TPSA) is 127 Å². The van der Waals surface area contributed by atoms with Gasteiger partial charge in [0, 0.05) is 68.3 Å². The van der Waals surface area contributed by atoms with Crippen molar-refractivity contribution in [2.75, 3.05) is 50.4 Å². The van der Waals surface area contributed by atoms with Crippen LogP contribution in [0.1, 0.15) is 34.8 Å². The lowest BCUT2D eigenvalue weighted by Gasteiger charge is -2.35. The van der Waals surface area contributed by atoms with Gasteiger partial charge in [-0.3, -0.25) is 14.5 Å². The van der Waals surface area contributed by atoms with Gasteiger partial charge in [0.25, 0.3) is 5.91 Å². The van der Waals surface area contributed by atoms with Gasteiger partial charge in [-0.05, 0) is 35.9 Å². The lowest BCUT2D eigenvalue weighted by molar-refractivity contribution is -0.138. The van der Waals surface area contributed by atoms with E-state index in [1.165, 1.54) is 37.1 Å². The number of piperazine rings is 1. The van der Waals surface area contributed by atoms with Crippen molar-refractivity contribution in [2.24, 2.45) is 0 Å². The summed E-state index contributed by atoms with van der Waals surface area (Å²) >= 11 is 12.4. The monoisotopic (exact) mass is 652 g/mol. The second kappa shape index (κ2) is 13.5. The fourth-order valence-corrected chi connectivity index (χ4v) is 6.01. The number of hydrogen-bond acceptors (Lipinski definition) is 6. The molecule has 0 aliphatic carbocycles. The molecule has 230 valence electrons. The predicted molar refractivity (Wildman–Crippen MR) is 151 cm³/mol. The molecule has 0 unspecified atom stereocenters. The number of carbonyl (C=O) groups is 3. The first-order valence-electron chi connectivity index (χ1n) is 12.7. The molecule has 0 spiro atoms. The van der Waals surface area contributed by atoms with Crippen LogP contribution in [0.3, 0.4) is 0 Å². The smallest absolute Gasteiger partial charge is 0.416 e. The van der Waals surface area contributed by atoms with Crippen LogP contribution < -0.4 is 10.2 Å². The van der Waals surface area contributed by atoms with Crippen molar-refractivity contribution in [3.05, 3.63) is 57.1 Å². The van der Waals surface area contributed by atoms with Gasteiger partial charge in [0.15, 0.2) is 9.84 Å². The number of sulfone groups is 1. The molecule has 10 nitrogen and oxygen atoms in total. The molecule has 0 aromatic heterocycles. The Bertz CT molecular complexity index is 1460. The Hall–Kier alpha value is -3.07. The number of nitrogens with zero attached hydrogens (tertiary/aromatic N) is 3. The summed E-state index contributed by atoms with van der Waals surface area (Å²) in [7, 11) is -2.57. The largest absolute Gasteiger partial charge is 0.465 e. The maximum atomic E-state index is 14.2. The van der Waals surface area contributed by atoms with Gasteiger partial charge >= 0.3 is 12.3 Å². The molecule has 2 N–H and O–H groups in total. The van der Waals surface area contributed by atoms with Crippen LogP contribution in [0.4, 0.5) is 23.7 Å². The highest BCUT2D eigenvalue weighted by molar-refractivity contribution is 7.91. The number of halogens is 5. The zero-order valence-corrected chi connectivity index (χ0v) is 25.0. The maximum absolute atomic E-state index is 14.2. The van der Waals surface area contributed by atoms with Crippen molar-refractivity contribution in [2.45, 2.75) is 31.0 Å². The lowest BCUT2D eigenvalue weighted by atomic mass is 10.0. The van der Waals surface area contributed by atoms with E-state index in [1.807, 2.05) is 0 Å². The van der Waals surface area contributed by atoms with E-state index in [0.717, 1.165) is 11.0 Å². The summed E-state index contributed by atoms with van der Waals surface area (Å²) in [4.78, 5) is 40.1. The van der Waals surface area contributed by atoms with Gasteiger partial charge in [0.05, 0.1) is 21.9 Å². The Kier molecular flexibility index (Phi) is 10.7. The standard InChI is InChI=1S/C26H29Cl2F3N4O6S/c1-3-42(40,41)22-5-4-17(27)14-21(22)33(2)24(37)16-12-19(26(29,30)31)18(20(28)13-16)15-34-8-10-35(11-9-34)23(36)6-7-32-25(38)39/h4-5,12-14,32H,3,6-11,15H2,1-2H3,(H,38,39). The van der Waals surface area contributed by atoms with Crippen LogP contribution in [0.5, 0.6) is 0 Å². The van der Waals surface area contributed by atoms with E-state index in [0.29, 0.717) is 6.07 Å². The second-order valence-electron chi connectivity index (χ2n) is 9.50. The minimum Gasteiger partial charge on any atom is -0.465 e. The average molecular weight is 654 g/mol. The molecule has 1 heterocycles. The van der Waals surface area contributed by atoms with Gasteiger partial charge in [0.2, 0.25) is 5.91 Å². The minimum atomic E-state index is -4.87. The van der Waals surface area contributed by atoms with Crippen LogP contribution in [-0.4, -0.2) is 86.8 Å². The van der Waals surface area contributed by atoms with E-state index < -0.39 is 39.1 Å². The van der Waals surface area contributed by atoms with Crippen molar-refractivity contribution in [3.8, 4) is 0 Å². The number of hydrogen-bond donors (Lipinski definition) is 2. The van der Waals surface area contributed by atoms with E-state index in [9.17, 15) is 36.0 Å². The Balaban J connectivity index is 1.84. The molecule has 16 heteroatoms. The van der Waals surface area contributed by atoms with Crippen molar-refractivity contribution in [1.82, 2.24) is 15.1 Å². The Morgan fingerprint density at radius 1 is 1.07 bits per heavy atom. The summed E-state index contributed by atoms with van der Waals surface area (Å²) in [6, 6.07) is 5.62. The molecule has 1 aliphatic heterocycles. The van der Waals surface area contributed by atoms with E-state index in [-0.39, 0.29) is 83.5 Å². The highest BCUT2D eigenvalue weighted by atomic mass is 35.5. The summed E-state index contributed by atoms with van der Waals surface area (Å²) in [6.07, 6.45) is -6.15. The van der Waals surface area contributed by atoms with Crippen molar-refractivity contribution in [3.63, 3.8) is 0 Å². The molecule has 1 saturated heterocycles. The van der Waals surface area contributed by atoms with Crippen LogP contribution in [0, 0.1) is 0 Å². The molecule has 1 fully saturated rings. The summed E-state index contributed by atoms with van der Waals surface area (Å²) < 4.78 is 67.8. The van der Waals surface area contributed by atoms with Gasteiger partial charge in [-0.2, -0.15) is 13.2 Å². The van der Waals surface area contributed by atoms with Crippen LogP contribution in [0.25, 0.3) is 0 Å². The number of anilines is 1. The Morgan fingerprint density at radius 3 is 2.29 bits per heavy atom. The second-order valence-corrected chi connectivity index (χ2v) is 12.6. The zero-order valence-electron chi connectivity index (χ0n) is 22.7. The molecule has 0 saturated carbocycles. The predicted octanol–water partition coefficient (Wildman–Crippen LogP) is 4.38. The maximum Gasteiger partial charge on any atom is 0.416 e. The molecular formula is C26H29Cl2F3N4O6S. The summed E-state index contributed by atoms with van der Waals surface area (Å²) in [5.74, 6) is -1.47. The van der Waals surface area contributed by atoms with Crippen LogP contribution in [0.15, 0.2) is 35.2 Å². The fraction of sp³-hybridized carbons (Fsp3) is 0.423. The molecule has 42 heavy (non-hydrogen) atoms. The molecule has 0 radical (unpaired) electrons. The van der Waals surface area contributed by atoms with Crippen LogP contribution in [-0.2, 0) is 27.4 Å². The van der Waals surface area contributed by atoms with Crippen molar-refractivity contribution < 1.29 is 41.1 Å².